The monoisotopic (exact) mass is 451 g/mol. The van der Waals surface area contributed by atoms with Gasteiger partial charge in [-0.2, -0.15) is 5.10 Å². The van der Waals surface area contributed by atoms with Gasteiger partial charge in [-0.1, -0.05) is 51.7 Å². The van der Waals surface area contributed by atoms with Crippen LogP contribution in [0.15, 0.2) is 24.3 Å². The molecule has 2 N–H and O–H groups in total. The molecule has 2 aromatic rings. The maximum absolute atomic E-state index is 12.8. The lowest BCUT2D eigenvalue weighted by Crippen LogP contribution is -2.41. The van der Waals surface area contributed by atoms with Gasteiger partial charge in [0.15, 0.2) is 0 Å². The van der Waals surface area contributed by atoms with Gasteiger partial charge in [-0.25, -0.2) is 0 Å². The van der Waals surface area contributed by atoms with Crippen molar-refractivity contribution in [1.29, 1.82) is 0 Å². The minimum Gasteiger partial charge on any atom is -0.481 e. The highest BCUT2D eigenvalue weighted by atomic mass is 16.4. The van der Waals surface area contributed by atoms with Crippen molar-refractivity contribution in [3.8, 4) is 0 Å². The Labute approximate surface area is 196 Å². The molecule has 4 rings (SSSR count). The topological polar surface area (TPSA) is 84.2 Å². The van der Waals surface area contributed by atoms with E-state index in [4.69, 9.17) is 0 Å². The number of carbonyl (C=O) groups excluding carboxylic acids is 1. The highest BCUT2D eigenvalue weighted by Crippen LogP contribution is 2.40. The summed E-state index contributed by atoms with van der Waals surface area (Å²) in [7, 11) is 0. The van der Waals surface area contributed by atoms with Crippen LogP contribution in [0.5, 0.6) is 0 Å². The average Bonchev–Trinajstić information content (AvgIpc) is 3.14. The van der Waals surface area contributed by atoms with E-state index in [1.165, 1.54) is 32.1 Å². The van der Waals surface area contributed by atoms with E-state index in [0.717, 1.165) is 53.6 Å². The highest BCUT2D eigenvalue weighted by Gasteiger charge is 2.32. The molecule has 1 aromatic carbocycles. The van der Waals surface area contributed by atoms with Crippen LogP contribution < -0.4 is 5.32 Å². The van der Waals surface area contributed by atoms with E-state index in [-0.39, 0.29) is 12.3 Å². The minimum absolute atomic E-state index is 0.00816. The van der Waals surface area contributed by atoms with Crippen LogP contribution in [-0.4, -0.2) is 32.8 Å². The second-order valence-electron chi connectivity index (χ2n) is 9.79. The van der Waals surface area contributed by atoms with Gasteiger partial charge in [0.25, 0.3) is 5.91 Å². The number of carboxylic acids is 1. The lowest BCUT2D eigenvalue weighted by atomic mass is 9.69. The lowest BCUT2D eigenvalue weighted by molar-refractivity contribution is -0.136. The number of aliphatic carboxylic acids is 1. The third-order valence-corrected chi connectivity index (χ3v) is 7.67. The molecule has 178 valence electrons. The molecule has 6 heteroatoms. The lowest BCUT2D eigenvalue weighted by Gasteiger charge is -2.39. The molecule has 33 heavy (non-hydrogen) atoms. The SMILES string of the molecule is CCc1nn(Cc2ccc(C(=O)NC3CCC4CCCCC4C3)cc2)c(CC)c1CC(=O)O. The molecule has 6 nitrogen and oxygen atoms in total. The van der Waals surface area contributed by atoms with Crippen molar-refractivity contribution in [2.45, 2.75) is 90.6 Å². The summed E-state index contributed by atoms with van der Waals surface area (Å²) >= 11 is 0. The quantitative estimate of drug-likeness (QED) is 0.605. The second-order valence-corrected chi connectivity index (χ2v) is 9.79. The van der Waals surface area contributed by atoms with Crippen LogP contribution in [0.1, 0.15) is 91.7 Å². The Morgan fingerprint density at radius 1 is 1.03 bits per heavy atom. The summed E-state index contributed by atoms with van der Waals surface area (Å²) in [5.74, 6) is 0.865. The summed E-state index contributed by atoms with van der Waals surface area (Å²) in [6.07, 6.45) is 10.4. The van der Waals surface area contributed by atoms with Crippen molar-refractivity contribution in [2.75, 3.05) is 0 Å². The van der Waals surface area contributed by atoms with Crippen LogP contribution in [0.25, 0.3) is 0 Å². The Morgan fingerprint density at radius 2 is 1.76 bits per heavy atom. The Hall–Kier alpha value is -2.63. The van der Waals surface area contributed by atoms with Crippen molar-refractivity contribution < 1.29 is 14.7 Å². The van der Waals surface area contributed by atoms with Crippen molar-refractivity contribution in [1.82, 2.24) is 15.1 Å². The third-order valence-electron chi connectivity index (χ3n) is 7.67. The number of carboxylic acid groups (broad SMARTS) is 1. The fraction of sp³-hybridized carbons (Fsp3) is 0.593. The van der Waals surface area contributed by atoms with Gasteiger partial charge in [0.2, 0.25) is 0 Å². The van der Waals surface area contributed by atoms with Crippen LogP contribution in [-0.2, 0) is 30.6 Å². The van der Waals surface area contributed by atoms with Crippen molar-refractivity contribution in [3.05, 3.63) is 52.3 Å². The van der Waals surface area contributed by atoms with Gasteiger partial charge in [0.05, 0.1) is 18.7 Å². The van der Waals surface area contributed by atoms with E-state index in [9.17, 15) is 14.7 Å². The Balaban J connectivity index is 1.40. The molecule has 3 unspecified atom stereocenters. The van der Waals surface area contributed by atoms with Crippen LogP contribution in [0.2, 0.25) is 0 Å². The predicted octanol–water partition coefficient (Wildman–Crippen LogP) is 4.77. The molecule has 0 spiro atoms. The Morgan fingerprint density at radius 3 is 2.42 bits per heavy atom. The van der Waals surface area contributed by atoms with Crippen LogP contribution in [0.4, 0.5) is 0 Å². The number of aromatic nitrogens is 2. The molecule has 0 radical (unpaired) electrons. The first-order valence-electron chi connectivity index (χ1n) is 12.7. The molecule has 0 bridgehead atoms. The number of benzene rings is 1. The van der Waals surface area contributed by atoms with E-state index in [2.05, 4.69) is 10.4 Å². The first kappa shape index (κ1) is 23.5. The second kappa shape index (κ2) is 10.5. The molecule has 0 aliphatic heterocycles. The normalized spacial score (nSPS) is 22.5. The fourth-order valence-electron chi connectivity index (χ4n) is 5.96. The maximum atomic E-state index is 12.8. The molecule has 2 aliphatic carbocycles. The molecule has 2 fully saturated rings. The van der Waals surface area contributed by atoms with Gasteiger partial charge in [-0.15, -0.1) is 0 Å². The van der Waals surface area contributed by atoms with Crippen LogP contribution in [0, 0.1) is 11.8 Å². The zero-order valence-corrected chi connectivity index (χ0v) is 20.0. The van der Waals surface area contributed by atoms with Gasteiger partial charge >= 0.3 is 5.97 Å². The molecule has 0 saturated heterocycles. The Bertz CT molecular complexity index is 979. The van der Waals surface area contributed by atoms with E-state index in [1.807, 2.05) is 42.8 Å². The molecular formula is C27H37N3O3. The molecule has 1 aromatic heterocycles. The summed E-state index contributed by atoms with van der Waals surface area (Å²) in [4.78, 5) is 24.2. The Kier molecular flexibility index (Phi) is 7.51. The molecule has 2 aliphatic rings. The van der Waals surface area contributed by atoms with Crippen LogP contribution >= 0.6 is 0 Å². The molecule has 3 atom stereocenters. The smallest absolute Gasteiger partial charge is 0.307 e. The van der Waals surface area contributed by atoms with E-state index in [0.29, 0.717) is 24.6 Å². The van der Waals surface area contributed by atoms with Crippen molar-refractivity contribution in [2.24, 2.45) is 11.8 Å². The van der Waals surface area contributed by atoms with E-state index < -0.39 is 5.97 Å². The predicted molar refractivity (Wildman–Crippen MR) is 128 cm³/mol. The number of aryl methyl sites for hydroxylation is 1. The number of fused-ring (bicyclic) bond motifs is 1. The van der Waals surface area contributed by atoms with Crippen LogP contribution in [0.3, 0.4) is 0 Å². The van der Waals surface area contributed by atoms with Gasteiger partial charge < -0.3 is 10.4 Å². The van der Waals surface area contributed by atoms with Crippen molar-refractivity contribution >= 4 is 11.9 Å². The first-order chi connectivity index (χ1) is 16.0. The van der Waals surface area contributed by atoms with E-state index >= 15 is 0 Å². The van der Waals surface area contributed by atoms with Gasteiger partial charge in [0.1, 0.15) is 0 Å². The largest absolute Gasteiger partial charge is 0.481 e. The van der Waals surface area contributed by atoms with Gasteiger partial charge in [-0.3, -0.25) is 14.3 Å². The number of hydrogen-bond donors (Lipinski definition) is 2. The molecule has 2 saturated carbocycles. The number of nitrogens with one attached hydrogen (secondary N) is 1. The number of rotatable bonds is 8. The van der Waals surface area contributed by atoms with Crippen molar-refractivity contribution in [3.63, 3.8) is 0 Å². The summed E-state index contributed by atoms with van der Waals surface area (Å²) < 4.78 is 1.93. The molecule has 1 amide bonds. The number of nitrogens with zero attached hydrogens (tertiary/aromatic N) is 2. The minimum atomic E-state index is -0.828. The van der Waals surface area contributed by atoms with E-state index in [1.54, 1.807) is 0 Å². The average molecular weight is 452 g/mol. The maximum Gasteiger partial charge on any atom is 0.307 e. The third kappa shape index (κ3) is 5.48. The number of carbonyl (C=O) groups is 2. The fourth-order valence-corrected chi connectivity index (χ4v) is 5.96. The number of amides is 1. The standard InChI is InChI=1S/C27H37N3O3/c1-3-24-23(16-26(31)32)25(4-2)30(29-24)17-18-9-11-20(12-10-18)27(33)28-22-14-13-19-7-5-6-8-21(19)15-22/h9-12,19,21-22H,3-8,13-17H2,1-2H3,(H,28,33)(H,31,32). The van der Waals surface area contributed by atoms with Gasteiger partial charge in [0, 0.05) is 22.9 Å². The summed E-state index contributed by atoms with van der Waals surface area (Å²) in [5.41, 5.74) is 4.43. The zero-order chi connectivity index (χ0) is 23.4. The highest BCUT2D eigenvalue weighted by molar-refractivity contribution is 5.94. The van der Waals surface area contributed by atoms with Gasteiger partial charge in [-0.05, 0) is 61.6 Å². The number of hydrogen-bond acceptors (Lipinski definition) is 3. The molecule has 1 heterocycles. The first-order valence-corrected chi connectivity index (χ1v) is 12.7. The summed E-state index contributed by atoms with van der Waals surface area (Å²) in [6, 6.07) is 8.05. The zero-order valence-electron chi connectivity index (χ0n) is 20.0. The summed E-state index contributed by atoms with van der Waals surface area (Å²) in [6.45, 7) is 4.61. The molecular weight excluding hydrogens is 414 g/mol. The summed E-state index contributed by atoms with van der Waals surface area (Å²) in [5, 5.41) is 17.3.